The number of anilines is 1. The van der Waals surface area contributed by atoms with Crippen LogP contribution in [0.15, 0.2) is 83.7 Å². The molecule has 0 radical (unpaired) electrons. The molecule has 0 saturated heterocycles. The molecule has 1 amide bonds. The second kappa shape index (κ2) is 8.56. The Morgan fingerprint density at radius 2 is 1.65 bits per heavy atom. The Morgan fingerprint density at radius 1 is 0.941 bits per heavy atom. The molecule has 2 aromatic heterocycles. The summed E-state index contributed by atoms with van der Waals surface area (Å²) in [6, 6.07) is 23.9. The molecule has 0 unspecified atom stereocenters. The van der Waals surface area contributed by atoms with Crippen molar-refractivity contribution in [2.45, 2.75) is 20.4 Å². The summed E-state index contributed by atoms with van der Waals surface area (Å²) in [5, 5.41) is 5.13. The molecule has 0 fully saturated rings. The fraction of sp³-hybridized carbons (Fsp3) is 0.143. The Hall–Kier alpha value is -4.32. The van der Waals surface area contributed by atoms with Gasteiger partial charge in [0.25, 0.3) is 5.56 Å². The van der Waals surface area contributed by atoms with Crippen molar-refractivity contribution in [2.24, 2.45) is 7.05 Å². The zero-order chi connectivity index (χ0) is 23.8. The Bertz CT molecular complexity index is 1620. The third kappa shape index (κ3) is 3.53. The predicted octanol–water partition coefficient (Wildman–Crippen LogP) is 5.26. The number of para-hydroxylation sites is 2. The number of benzene rings is 3. The lowest BCUT2D eigenvalue weighted by molar-refractivity contribution is -0.111. The first-order valence-electron chi connectivity index (χ1n) is 11.3. The van der Waals surface area contributed by atoms with Crippen molar-refractivity contribution in [3.63, 3.8) is 0 Å². The first-order valence-corrected chi connectivity index (χ1v) is 11.3. The Morgan fingerprint density at radius 3 is 2.41 bits per heavy atom. The number of amides is 1. The van der Waals surface area contributed by atoms with Crippen LogP contribution in [0, 0.1) is 6.92 Å². The molecule has 5 aromatic rings. The van der Waals surface area contributed by atoms with Crippen molar-refractivity contribution in [1.82, 2.24) is 13.9 Å². The number of carbonyl (C=O) groups is 1. The second-order valence-corrected chi connectivity index (χ2v) is 8.30. The van der Waals surface area contributed by atoms with E-state index in [0.29, 0.717) is 5.69 Å². The highest BCUT2D eigenvalue weighted by Gasteiger charge is 2.17. The number of carbonyl (C=O) groups excluding carboxylic acids is 1. The van der Waals surface area contributed by atoms with Crippen LogP contribution in [0.4, 0.5) is 5.69 Å². The average Bonchev–Trinajstić information content (AvgIpc) is 3.29. The molecule has 5 rings (SSSR count). The van der Waals surface area contributed by atoms with E-state index >= 15 is 0 Å². The fourth-order valence-electron chi connectivity index (χ4n) is 4.56. The fourth-order valence-corrected chi connectivity index (χ4v) is 4.56. The number of nitrogens with one attached hydrogen (secondary N) is 1. The van der Waals surface area contributed by atoms with Gasteiger partial charge in [-0.1, -0.05) is 42.5 Å². The number of hydrogen-bond acceptors (Lipinski definition) is 2. The van der Waals surface area contributed by atoms with Crippen molar-refractivity contribution in [3.8, 4) is 5.69 Å². The quantitative estimate of drug-likeness (QED) is 0.371. The van der Waals surface area contributed by atoms with Crippen LogP contribution in [0.5, 0.6) is 0 Å². The first-order chi connectivity index (χ1) is 16.5. The number of fused-ring (bicyclic) bond motifs is 3. The van der Waals surface area contributed by atoms with Crippen molar-refractivity contribution >= 4 is 39.5 Å². The normalized spacial score (nSPS) is 11.6. The number of aryl methyl sites for hydroxylation is 1. The number of hydrogen-bond donors (Lipinski definition) is 1. The third-order valence-corrected chi connectivity index (χ3v) is 6.34. The van der Waals surface area contributed by atoms with Crippen LogP contribution in [-0.2, 0) is 18.4 Å². The van der Waals surface area contributed by atoms with Gasteiger partial charge in [0.2, 0.25) is 5.91 Å². The Balaban J connectivity index is 1.44. The first kappa shape index (κ1) is 21.5. The summed E-state index contributed by atoms with van der Waals surface area (Å²) in [4.78, 5) is 25.7. The lowest BCUT2D eigenvalue weighted by atomic mass is 10.1. The summed E-state index contributed by atoms with van der Waals surface area (Å²) in [6.07, 6.45) is 3.25. The van der Waals surface area contributed by atoms with Crippen LogP contribution in [0.1, 0.15) is 18.2 Å². The van der Waals surface area contributed by atoms with Gasteiger partial charge in [0, 0.05) is 41.5 Å². The van der Waals surface area contributed by atoms with Crippen molar-refractivity contribution < 1.29 is 4.79 Å². The topological polar surface area (TPSA) is 61.0 Å². The number of aromatic nitrogens is 3. The molecule has 1 N–H and O–H groups in total. The SMILES string of the molecule is CCn1c2ccccc2c2cc(C=CC(=O)Nc3c(C)n(C)n(-c4ccccc4)c3=O)ccc21. The van der Waals surface area contributed by atoms with Gasteiger partial charge < -0.3 is 9.88 Å². The van der Waals surface area contributed by atoms with E-state index in [-0.39, 0.29) is 17.2 Å². The lowest BCUT2D eigenvalue weighted by Crippen LogP contribution is -2.22. The van der Waals surface area contributed by atoms with E-state index in [4.69, 9.17) is 0 Å². The monoisotopic (exact) mass is 450 g/mol. The predicted molar refractivity (Wildman–Crippen MR) is 139 cm³/mol. The van der Waals surface area contributed by atoms with E-state index in [2.05, 4.69) is 47.1 Å². The van der Waals surface area contributed by atoms with Crippen LogP contribution in [0.2, 0.25) is 0 Å². The summed E-state index contributed by atoms with van der Waals surface area (Å²) >= 11 is 0. The largest absolute Gasteiger partial charge is 0.341 e. The molecule has 3 aromatic carbocycles. The van der Waals surface area contributed by atoms with Crippen molar-refractivity contribution in [2.75, 3.05) is 5.32 Å². The maximum atomic E-state index is 13.0. The molecular weight excluding hydrogens is 424 g/mol. The van der Waals surface area contributed by atoms with Crippen LogP contribution in [0.25, 0.3) is 33.6 Å². The van der Waals surface area contributed by atoms with Gasteiger partial charge in [0.1, 0.15) is 5.69 Å². The summed E-state index contributed by atoms with van der Waals surface area (Å²) in [7, 11) is 1.80. The third-order valence-electron chi connectivity index (χ3n) is 6.34. The lowest BCUT2D eigenvalue weighted by Gasteiger charge is -2.07. The molecule has 6 heteroatoms. The maximum Gasteiger partial charge on any atom is 0.295 e. The minimum atomic E-state index is -0.345. The number of rotatable bonds is 5. The summed E-state index contributed by atoms with van der Waals surface area (Å²) < 4.78 is 5.58. The minimum absolute atomic E-state index is 0.262. The van der Waals surface area contributed by atoms with E-state index in [1.807, 2.05) is 49.4 Å². The molecule has 6 nitrogen and oxygen atoms in total. The van der Waals surface area contributed by atoms with Crippen LogP contribution < -0.4 is 10.9 Å². The zero-order valence-corrected chi connectivity index (χ0v) is 19.4. The van der Waals surface area contributed by atoms with Gasteiger partial charge in [-0.25, -0.2) is 4.68 Å². The smallest absolute Gasteiger partial charge is 0.295 e. The molecule has 0 aliphatic rings. The highest BCUT2D eigenvalue weighted by Crippen LogP contribution is 2.30. The average molecular weight is 451 g/mol. The second-order valence-electron chi connectivity index (χ2n) is 8.30. The van der Waals surface area contributed by atoms with E-state index in [1.165, 1.54) is 22.5 Å². The zero-order valence-electron chi connectivity index (χ0n) is 19.4. The highest BCUT2D eigenvalue weighted by atomic mass is 16.2. The van der Waals surface area contributed by atoms with Crippen molar-refractivity contribution in [1.29, 1.82) is 0 Å². The molecular formula is C28H26N4O2. The molecule has 0 aliphatic heterocycles. The molecule has 170 valence electrons. The van der Waals surface area contributed by atoms with E-state index in [9.17, 15) is 9.59 Å². The van der Waals surface area contributed by atoms with Gasteiger partial charge in [-0.2, -0.15) is 0 Å². The van der Waals surface area contributed by atoms with Crippen molar-refractivity contribution in [3.05, 3.63) is 100 Å². The standard InChI is InChI=1S/C28H26N4O2/c1-4-31-24-13-9-8-12-22(24)23-18-20(14-16-25(23)31)15-17-26(33)29-27-19(2)30(3)32(28(27)34)21-10-6-5-7-11-21/h5-18H,4H2,1-3H3,(H,29,33). The van der Waals surface area contributed by atoms with Crippen LogP contribution >= 0.6 is 0 Å². The van der Waals surface area contributed by atoms with E-state index in [0.717, 1.165) is 23.2 Å². The van der Waals surface area contributed by atoms with Crippen LogP contribution in [0.3, 0.4) is 0 Å². The van der Waals surface area contributed by atoms with Gasteiger partial charge in [0.15, 0.2) is 0 Å². The van der Waals surface area contributed by atoms with Gasteiger partial charge in [-0.05, 0) is 55.8 Å². The molecule has 0 saturated carbocycles. The molecule has 0 bridgehead atoms. The molecule has 0 aliphatic carbocycles. The van der Waals surface area contributed by atoms with E-state index in [1.54, 1.807) is 22.5 Å². The molecule has 0 atom stereocenters. The Labute approximate surface area is 197 Å². The van der Waals surface area contributed by atoms with Gasteiger partial charge >= 0.3 is 0 Å². The molecule has 0 spiro atoms. The minimum Gasteiger partial charge on any atom is -0.341 e. The maximum absolute atomic E-state index is 13.0. The van der Waals surface area contributed by atoms with Crippen LogP contribution in [-0.4, -0.2) is 19.8 Å². The van der Waals surface area contributed by atoms with Gasteiger partial charge in [-0.15, -0.1) is 0 Å². The molecule has 34 heavy (non-hydrogen) atoms. The number of nitrogens with zero attached hydrogens (tertiary/aromatic N) is 3. The van der Waals surface area contributed by atoms with E-state index < -0.39 is 0 Å². The highest BCUT2D eigenvalue weighted by molar-refractivity contribution is 6.09. The van der Waals surface area contributed by atoms with Gasteiger partial charge in [-0.3, -0.25) is 14.3 Å². The Kier molecular flexibility index (Phi) is 5.42. The summed E-state index contributed by atoms with van der Waals surface area (Å²) in [5.41, 5.74) is 4.75. The summed E-state index contributed by atoms with van der Waals surface area (Å²) in [6.45, 7) is 4.84. The molecule has 2 heterocycles. The van der Waals surface area contributed by atoms with Gasteiger partial charge in [0.05, 0.1) is 11.4 Å². The summed E-state index contributed by atoms with van der Waals surface area (Å²) in [5.74, 6) is -0.345.